The molecule has 4 aromatic rings. The van der Waals surface area contributed by atoms with Crippen molar-refractivity contribution in [1.82, 2.24) is 9.97 Å². The van der Waals surface area contributed by atoms with Gasteiger partial charge < -0.3 is 4.98 Å². The van der Waals surface area contributed by atoms with E-state index in [4.69, 9.17) is 0 Å². The molecule has 0 bridgehead atoms. The minimum absolute atomic E-state index is 0.0623. The third kappa shape index (κ3) is 3.81. The highest BCUT2D eigenvalue weighted by atomic mass is 32.2. The largest absolute Gasteiger partial charge is 0.338 e. The smallest absolute Gasteiger partial charge is 0.269 e. The minimum Gasteiger partial charge on any atom is -0.338 e. The second-order valence-corrected chi connectivity index (χ2v) is 8.23. The Labute approximate surface area is 166 Å². The van der Waals surface area contributed by atoms with E-state index in [-0.39, 0.29) is 10.6 Å². The van der Waals surface area contributed by atoms with Crippen molar-refractivity contribution >= 4 is 32.4 Å². The number of hydrogen-bond donors (Lipinski definition) is 2. The van der Waals surface area contributed by atoms with Crippen molar-refractivity contribution < 1.29 is 13.3 Å². The van der Waals surface area contributed by atoms with E-state index < -0.39 is 14.9 Å². The molecule has 1 heterocycles. The number of aromatic nitrogens is 2. The molecule has 0 saturated carbocycles. The molecule has 0 fully saturated rings. The first-order valence-electron chi connectivity index (χ1n) is 8.66. The number of imidazole rings is 1. The number of nitro groups is 1. The van der Waals surface area contributed by atoms with E-state index in [0.29, 0.717) is 11.5 Å². The van der Waals surface area contributed by atoms with Crippen LogP contribution in [0.4, 0.5) is 11.4 Å². The molecule has 8 nitrogen and oxygen atoms in total. The molecule has 0 aliphatic heterocycles. The maximum atomic E-state index is 12.6. The van der Waals surface area contributed by atoms with Gasteiger partial charge in [-0.05, 0) is 48.9 Å². The van der Waals surface area contributed by atoms with E-state index in [2.05, 4.69) is 14.7 Å². The molecule has 2 N–H and O–H groups in total. The zero-order valence-electron chi connectivity index (χ0n) is 15.3. The topological polar surface area (TPSA) is 118 Å². The molecule has 0 saturated heterocycles. The predicted molar refractivity (Wildman–Crippen MR) is 110 cm³/mol. The van der Waals surface area contributed by atoms with Gasteiger partial charge in [-0.1, -0.05) is 18.2 Å². The minimum atomic E-state index is -3.89. The van der Waals surface area contributed by atoms with Crippen molar-refractivity contribution in [2.75, 3.05) is 4.72 Å². The first kappa shape index (κ1) is 18.6. The Hall–Kier alpha value is -3.72. The van der Waals surface area contributed by atoms with Gasteiger partial charge >= 0.3 is 0 Å². The zero-order valence-corrected chi connectivity index (χ0v) is 16.1. The van der Waals surface area contributed by atoms with E-state index in [1.807, 2.05) is 31.2 Å². The van der Waals surface area contributed by atoms with Crippen molar-refractivity contribution in [3.63, 3.8) is 0 Å². The molecule has 1 aromatic heterocycles. The van der Waals surface area contributed by atoms with Gasteiger partial charge in [0.25, 0.3) is 15.7 Å². The Morgan fingerprint density at radius 2 is 1.79 bits per heavy atom. The van der Waals surface area contributed by atoms with Gasteiger partial charge in [-0.2, -0.15) is 0 Å². The molecule has 29 heavy (non-hydrogen) atoms. The summed E-state index contributed by atoms with van der Waals surface area (Å²) in [6.45, 7) is 1.99. The molecule has 0 spiro atoms. The number of sulfonamides is 1. The molecular formula is C20H16N4O4S. The number of H-pyrrole nitrogens is 1. The number of nitrogens with one attached hydrogen (secondary N) is 2. The molecule has 0 radical (unpaired) electrons. The fourth-order valence-corrected chi connectivity index (χ4v) is 4.00. The van der Waals surface area contributed by atoms with Crippen LogP contribution >= 0.6 is 0 Å². The van der Waals surface area contributed by atoms with Gasteiger partial charge in [-0.3, -0.25) is 14.8 Å². The fourth-order valence-electron chi connectivity index (χ4n) is 2.95. The summed E-state index contributed by atoms with van der Waals surface area (Å²) in [6.07, 6.45) is 0. The number of aryl methyl sites for hydroxylation is 1. The number of anilines is 1. The van der Waals surface area contributed by atoms with Crippen molar-refractivity contribution in [2.45, 2.75) is 11.8 Å². The lowest BCUT2D eigenvalue weighted by atomic mass is 10.2. The SMILES string of the molecule is Cc1ccc2nc(-c3cccc(NS(=O)(=O)c4ccc([N+](=O)[O-])cc4)c3)[nH]c2c1. The van der Waals surface area contributed by atoms with Crippen LogP contribution in [-0.4, -0.2) is 23.3 Å². The van der Waals surface area contributed by atoms with Gasteiger partial charge in [0, 0.05) is 23.4 Å². The van der Waals surface area contributed by atoms with Crippen molar-refractivity contribution in [2.24, 2.45) is 0 Å². The van der Waals surface area contributed by atoms with Crippen LogP contribution in [0.15, 0.2) is 71.6 Å². The summed E-state index contributed by atoms with van der Waals surface area (Å²) in [7, 11) is -3.89. The van der Waals surface area contributed by atoms with Gasteiger partial charge in [-0.15, -0.1) is 0 Å². The average molecular weight is 408 g/mol. The number of benzene rings is 3. The van der Waals surface area contributed by atoms with Gasteiger partial charge in [-0.25, -0.2) is 13.4 Å². The zero-order chi connectivity index (χ0) is 20.6. The Bertz CT molecular complexity index is 1330. The maximum absolute atomic E-state index is 12.6. The summed E-state index contributed by atoms with van der Waals surface area (Å²) in [4.78, 5) is 17.9. The maximum Gasteiger partial charge on any atom is 0.269 e. The van der Waals surface area contributed by atoms with Gasteiger partial charge in [0.05, 0.1) is 20.9 Å². The van der Waals surface area contributed by atoms with Crippen LogP contribution in [-0.2, 0) is 10.0 Å². The molecule has 0 aliphatic rings. The molecular weight excluding hydrogens is 392 g/mol. The molecule has 3 aromatic carbocycles. The van der Waals surface area contributed by atoms with Crippen LogP contribution in [0, 0.1) is 17.0 Å². The van der Waals surface area contributed by atoms with Gasteiger partial charge in [0.2, 0.25) is 0 Å². The third-order valence-electron chi connectivity index (χ3n) is 4.38. The highest BCUT2D eigenvalue weighted by Crippen LogP contribution is 2.25. The molecule has 0 aliphatic carbocycles. The number of hydrogen-bond acceptors (Lipinski definition) is 5. The van der Waals surface area contributed by atoms with Gasteiger partial charge in [0.15, 0.2) is 0 Å². The summed E-state index contributed by atoms with van der Waals surface area (Å²) in [5, 5.41) is 10.7. The van der Waals surface area contributed by atoms with Crippen molar-refractivity contribution in [3.05, 3.63) is 82.4 Å². The molecule has 146 valence electrons. The Kier molecular flexibility index (Phi) is 4.51. The normalized spacial score (nSPS) is 11.5. The Morgan fingerprint density at radius 3 is 2.52 bits per heavy atom. The monoisotopic (exact) mass is 408 g/mol. The van der Waals surface area contributed by atoms with E-state index in [0.717, 1.165) is 34.3 Å². The number of rotatable bonds is 5. The van der Waals surface area contributed by atoms with Gasteiger partial charge in [0.1, 0.15) is 5.82 Å². The predicted octanol–water partition coefficient (Wildman–Crippen LogP) is 4.25. The summed E-state index contributed by atoms with van der Waals surface area (Å²) in [5.74, 6) is 0.627. The molecule has 0 unspecified atom stereocenters. The van der Waals surface area contributed by atoms with Crippen LogP contribution in [0.2, 0.25) is 0 Å². The molecule has 0 atom stereocenters. The van der Waals surface area contributed by atoms with E-state index in [1.165, 1.54) is 12.1 Å². The van der Waals surface area contributed by atoms with Crippen LogP contribution in [0.3, 0.4) is 0 Å². The first-order chi connectivity index (χ1) is 13.8. The highest BCUT2D eigenvalue weighted by Gasteiger charge is 2.16. The molecule has 9 heteroatoms. The number of nitro benzene ring substituents is 1. The van der Waals surface area contributed by atoms with E-state index >= 15 is 0 Å². The second-order valence-electron chi connectivity index (χ2n) is 6.54. The van der Waals surface area contributed by atoms with E-state index in [9.17, 15) is 18.5 Å². The lowest BCUT2D eigenvalue weighted by molar-refractivity contribution is -0.384. The number of aromatic amines is 1. The summed E-state index contributed by atoms with van der Waals surface area (Å²) >= 11 is 0. The number of nitrogens with zero attached hydrogens (tertiary/aromatic N) is 2. The Balaban J connectivity index is 1.63. The van der Waals surface area contributed by atoms with Crippen LogP contribution in [0.25, 0.3) is 22.4 Å². The number of fused-ring (bicyclic) bond motifs is 1. The third-order valence-corrected chi connectivity index (χ3v) is 5.78. The fraction of sp³-hybridized carbons (Fsp3) is 0.0500. The lowest BCUT2D eigenvalue weighted by Gasteiger charge is -2.09. The van der Waals surface area contributed by atoms with Crippen LogP contribution < -0.4 is 4.72 Å². The van der Waals surface area contributed by atoms with Crippen molar-refractivity contribution in [3.8, 4) is 11.4 Å². The van der Waals surface area contributed by atoms with Crippen LogP contribution in [0.5, 0.6) is 0 Å². The van der Waals surface area contributed by atoms with Crippen LogP contribution in [0.1, 0.15) is 5.56 Å². The van der Waals surface area contributed by atoms with E-state index in [1.54, 1.807) is 18.2 Å². The highest BCUT2D eigenvalue weighted by molar-refractivity contribution is 7.92. The molecule has 4 rings (SSSR count). The number of non-ortho nitro benzene ring substituents is 1. The first-order valence-corrected chi connectivity index (χ1v) is 10.1. The summed E-state index contributed by atoms with van der Waals surface area (Å²) < 4.78 is 27.7. The summed E-state index contributed by atoms with van der Waals surface area (Å²) in [5.41, 5.74) is 3.74. The summed E-state index contributed by atoms with van der Waals surface area (Å²) in [6, 6.07) is 17.4. The second kappa shape index (κ2) is 7.02. The molecule has 0 amide bonds. The lowest BCUT2D eigenvalue weighted by Crippen LogP contribution is -2.12. The van der Waals surface area contributed by atoms with Crippen molar-refractivity contribution in [1.29, 1.82) is 0 Å². The standard InChI is InChI=1S/C20H16N4O4S/c1-13-5-10-18-19(11-13)22-20(21-18)14-3-2-4-15(12-14)23-29(27,28)17-8-6-16(7-9-17)24(25)26/h2-12,23H,1H3,(H,21,22). The Morgan fingerprint density at radius 1 is 1.03 bits per heavy atom. The average Bonchev–Trinajstić information content (AvgIpc) is 3.11. The quantitative estimate of drug-likeness (QED) is 0.378.